The smallest absolute Gasteiger partial charge is 0.254 e. The van der Waals surface area contributed by atoms with Crippen molar-refractivity contribution in [3.63, 3.8) is 0 Å². The minimum absolute atomic E-state index is 0.195. The van der Waals surface area contributed by atoms with Gasteiger partial charge in [-0.1, -0.05) is 6.92 Å². The summed E-state index contributed by atoms with van der Waals surface area (Å²) in [5.41, 5.74) is 2.11. The average molecular weight is 381 g/mol. The fourth-order valence-electron chi connectivity index (χ4n) is 4.50. The maximum absolute atomic E-state index is 13.1. The maximum Gasteiger partial charge on any atom is 0.254 e. The minimum Gasteiger partial charge on any atom is -0.396 e. The highest BCUT2D eigenvalue weighted by molar-refractivity contribution is 7.10. The molecule has 146 valence electrons. The number of nitrogens with zero attached hydrogens (tertiary/aromatic N) is 2. The number of ether oxygens (including phenoxy) is 1. The number of hydrogen-bond acceptors (Lipinski definition) is 5. The van der Waals surface area contributed by atoms with Crippen LogP contribution in [0.25, 0.3) is 0 Å². The first-order chi connectivity index (χ1) is 12.7. The Bertz CT molecular complexity index is 598. The molecule has 26 heavy (non-hydrogen) atoms. The molecule has 2 aliphatic rings. The summed E-state index contributed by atoms with van der Waals surface area (Å²) in [7, 11) is 0. The van der Waals surface area contributed by atoms with E-state index in [4.69, 9.17) is 4.74 Å². The quantitative estimate of drug-likeness (QED) is 0.824. The van der Waals surface area contributed by atoms with E-state index < -0.39 is 0 Å². The zero-order valence-electron chi connectivity index (χ0n) is 16.1. The highest BCUT2D eigenvalue weighted by atomic mass is 32.1. The van der Waals surface area contributed by atoms with Gasteiger partial charge in [0.25, 0.3) is 5.91 Å². The first-order valence-electron chi connectivity index (χ1n) is 9.94. The van der Waals surface area contributed by atoms with Crippen LogP contribution in [0.15, 0.2) is 5.38 Å². The van der Waals surface area contributed by atoms with Crippen LogP contribution in [0, 0.1) is 12.8 Å². The van der Waals surface area contributed by atoms with Gasteiger partial charge in [0.1, 0.15) is 0 Å². The van der Waals surface area contributed by atoms with Gasteiger partial charge >= 0.3 is 0 Å². The van der Waals surface area contributed by atoms with Gasteiger partial charge in [-0.05, 0) is 44.1 Å². The largest absolute Gasteiger partial charge is 0.396 e. The number of amides is 1. The van der Waals surface area contributed by atoms with Crippen molar-refractivity contribution >= 4 is 17.2 Å². The molecule has 2 fully saturated rings. The van der Waals surface area contributed by atoms with Crippen molar-refractivity contribution in [1.29, 1.82) is 0 Å². The van der Waals surface area contributed by atoms with Crippen molar-refractivity contribution in [1.82, 2.24) is 9.80 Å². The number of thiophene rings is 1. The molecule has 3 rings (SSSR count). The lowest BCUT2D eigenvalue weighted by Crippen LogP contribution is -2.55. The third-order valence-corrected chi connectivity index (χ3v) is 6.87. The van der Waals surface area contributed by atoms with Crippen molar-refractivity contribution in [3.05, 3.63) is 21.4 Å². The second-order valence-corrected chi connectivity index (χ2v) is 8.50. The van der Waals surface area contributed by atoms with E-state index in [9.17, 15) is 9.90 Å². The molecule has 1 aromatic rings. The lowest BCUT2D eigenvalue weighted by Gasteiger charge is -2.45. The summed E-state index contributed by atoms with van der Waals surface area (Å²) in [6, 6.07) is 0.504. The Morgan fingerprint density at radius 3 is 2.81 bits per heavy atom. The predicted molar refractivity (Wildman–Crippen MR) is 105 cm³/mol. The molecule has 2 saturated heterocycles. The van der Waals surface area contributed by atoms with Crippen LogP contribution in [0.1, 0.15) is 47.0 Å². The molecule has 5 nitrogen and oxygen atoms in total. The lowest BCUT2D eigenvalue weighted by atomic mass is 9.86. The first-order valence-corrected chi connectivity index (χ1v) is 10.8. The topological polar surface area (TPSA) is 53.0 Å². The molecule has 0 unspecified atom stereocenters. The number of aliphatic hydroxyl groups is 1. The Labute approximate surface area is 160 Å². The molecule has 0 spiro atoms. The second kappa shape index (κ2) is 9.31. The predicted octanol–water partition coefficient (Wildman–Crippen LogP) is 2.55. The summed E-state index contributed by atoms with van der Waals surface area (Å²) in [5, 5.41) is 11.3. The van der Waals surface area contributed by atoms with Crippen molar-refractivity contribution in [2.75, 3.05) is 46.0 Å². The molecule has 0 radical (unpaired) electrons. The molecule has 2 aliphatic heterocycles. The van der Waals surface area contributed by atoms with Crippen molar-refractivity contribution in [2.45, 2.75) is 45.6 Å². The number of carbonyl (C=O) groups excluding carboxylic acids is 1. The Kier molecular flexibility index (Phi) is 7.09. The fourth-order valence-corrected chi connectivity index (χ4v) is 5.43. The Morgan fingerprint density at radius 1 is 1.35 bits per heavy atom. The first kappa shape index (κ1) is 19.8. The number of likely N-dealkylation sites (tertiary alicyclic amines) is 1. The van der Waals surface area contributed by atoms with Gasteiger partial charge in [0.15, 0.2) is 0 Å². The van der Waals surface area contributed by atoms with Crippen molar-refractivity contribution in [2.24, 2.45) is 5.92 Å². The molecule has 0 aromatic carbocycles. The second-order valence-electron chi connectivity index (χ2n) is 7.42. The van der Waals surface area contributed by atoms with Gasteiger partial charge in [0, 0.05) is 49.1 Å². The van der Waals surface area contributed by atoms with E-state index in [-0.39, 0.29) is 12.5 Å². The van der Waals surface area contributed by atoms with Gasteiger partial charge in [-0.25, -0.2) is 0 Å². The number of rotatable bonds is 6. The molecule has 0 aliphatic carbocycles. The number of carbonyl (C=O) groups is 1. The molecule has 6 heteroatoms. The standard InChI is InChI=1S/C20H32N2O3S/c1-3-17-15(2)26-14-18(17)20(24)22-7-6-19(16(13-22)5-4-10-23)21-8-11-25-12-9-21/h14,16,19,23H,3-13H2,1-2H3/t16-,19+/m1/s1. The summed E-state index contributed by atoms with van der Waals surface area (Å²) in [4.78, 5) is 19.0. The van der Waals surface area contributed by atoms with Crippen LogP contribution < -0.4 is 0 Å². The summed E-state index contributed by atoms with van der Waals surface area (Å²) < 4.78 is 5.51. The van der Waals surface area contributed by atoms with Gasteiger partial charge in [-0.2, -0.15) is 0 Å². The van der Waals surface area contributed by atoms with E-state index in [1.54, 1.807) is 11.3 Å². The molecule has 1 aromatic heterocycles. The van der Waals surface area contributed by atoms with E-state index in [1.165, 1.54) is 10.4 Å². The zero-order valence-corrected chi connectivity index (χ0v) is 16.9. The Balaban J connectivity index is 1.71. The molecule has 2 atom stereocenters. The van der Waals surface area contributed by atoms with Crippen LogP contribution in [0.4, 0.5) is 0 Å². The monoisotopic (exact) mass is 380 g/mol. The lowest BCUT2D eigenvalue weighted by molar-refractivity contribution is -0.0196. The van der Waals surface area contributed by atoms with Crippen LogP contribution in [0.5, 0.6) is 0 Å². The summed E-state index contributed by atoms with van der Waals surface area (Å²) >= 11 is 1.68. The van der Waals surface area contributed by atoms with Gasteiger partial charge in [0.2, 0.25) is 0 Å². The van der Waals surface area contributed by atoms with E-state index in [1.807, 2.05) is 5.38 Å². The van der Waals surface area contributed by atoms with E-state index >= 15 is 0 Å². The van der Waals surface area contributed by atoms with E-state index in [0.29, 0.717) is 12.0 Å². The van der Waals surface area contributed by atoms with Gasteiger partial charge < -0.3 is 14.7 Å². The third kappa shape index (κ3) is 4.30. The van der Waals surface area contributed by atoms with Crippen LogP contribution in [0.2, 0.25) is 0 Å². The molecule has 3 heterocycles. The van der Waals surface area contributed by atoms with Crippen molar-refractivity contribution < 1.29 is 14.6 Å². The van der Waals surface area contributed by atoms with Crippen LogP contribution in [-0.4, -0.2) is 72.9 Å². The maximum atomic E-state index is 13.1. The van der Waals surface area contributed by atoms with Crippen LogP contribution in [0.3, 0.4) is 0 Å². The number of aliphatic hydroxyl groups excluding tert-OH is 1. The Morgan fingerprint density at radius 2 is 2.12 bits per heavy atom. The zero-order chi connectivity index (χ0) is 18.5. The molecule has 0 saturated carbocycles. The SMILES string of the molecule is CCc1c(C(=O)N2CC[C@H](N3CCOCC3)[C@H](CCCO)C2)csc1C. The van der Waals surface area contributed by atoms with Gasteiger partial charge in [-0.15, -0.1) is 11.3 Å². The van der Waals surface area contributed by atoms with E-state index in [2.05, 4.69) is 23.6 Å². The molecule has 0 bridgehead atoms. The number of aryl methyl sites for hydroxylation is 1. The summed E-state index contributed by atoms with van der Waals surface area (Å²) in [6.07, 6.45) is 3.72. The highest BCUT2D eigenvalue weighted by Crippen LogP contribution is 2.30. The normalized spacial score (nSPS) is 24.8. The fraction of sp³-hybridized carbons (Fsp3) is 0.750. The highest BCUT2D eigenvalue weighted by Gasteiger charge is 2.36. The van der Waals surface area contributed by atoms with Crippen molar-refractivity contribution in [3.8, 4) is 0 Å². The number of morpholine rings is 1. The van der Waals surface area contributed by atoms with Gasteiger partial charge in [0.05, 0.1) is 18.8 Å². The van der Waals surface area contributed by atoms with E-state index in [0.717, 1.165) is 70.6 Å². The molecule has 1 N–H and O–H groups in total. The van der Waals surface area contributed by atoms with Gasteiger partial charge in [-0.3, -0.25) is 9.69 Å². The summed E-state index contributed by atoms with van der Waals surface area (Å²) in [6.45, 7) is 9.67. The molecular formula is C20H32N2O3S. The molecule has 1 amide bonds. The minimum atomic E-state index is 0.195. The number of hydrogen-bond donors (Lipinski definition) is 1. The average Bonchev–Trinajstić information content (AvgIpc) is 3.06. The number of piperidine rings is 1. The third-order valence-electron chi connectivity index (χ3n) is 5.92. The summed E-state index contributed by atoms with van der Waals surface area (Å²) in [5.74, 6) is 0.628. The van der Waals surface area contributed by atoms with Crippen LogP contribution >= 0.6 is 11.3 Å². The molecular weight excluding hydrogens is 348 g/mol. The Hall–Kier alpha value is -0.950. The van der Waals surface area contributed by atoms with Crippen LogP contribution in [-0.2, 0) is 11.2 Å².